The van der Waals surface area contributed by atoms with Crippen LogP contribution in [0.3, 0.4) is 0 Å². The molecule has 0 fully saturated rings. The van der Waals surface area contributed by atoms with Crippen molar-refractivity contribution in [2.24, 2.45) is 0 Å². The molecule has 0 saturated heterocycles. The molecule has 0 bridgehead atoms. The van der Waals surface area contributed by atoms with E-state index in [0.717, 1.165) is 28.3 Å². The fraction of sp³-hybridized carbons (Fsp3) is 0. The van der Waals surface area contributed by atoms with Crippen LogP contribution in [-0.2, 0) is 0 Å². The number of fused-ring (bicyclic) bond motifs is 1. The highest BCUT2D eigenvalue weighted by atomic mass is 16.1. The standard InChI is InChI=1S/C16H11NO/c18-11-12-3-1-4-14(9-12)15-7-6-13-5-2-8-17-16(13)10-15/h1-11H. The summed E-state index contributed by atoms with van der Waals surface area (Å²) in [5.74, 6) is 0. The largest absolute Gasteiger partial charge is 0.298 e. The summed E-state index contributed by atoms with van der Waals surface area (Å²) in [5, 5.41) is 1.12. The lowest BCUT2D eigenvalue weighted by molar-refractivity contribution is 0.112. The fourth-order valence-electron chi connectivity index (χ4n) is 2.04. The number of rotatable bonds is 2. The van der Waals surface area contributed by atoms with Crippen LogP contribution in [0.1, 0.15) is 10.4 Å². The summed E-state index contributed by atoms with van der Waals surface area (Å²) in [6, 6.07) is 17.7. The van der Waals surface area contributed by atoms with Crippen LogP contribution in [0, 0.1) is 0 Å². The number of carbonyl (C=O) groups is 1. The van der Waals surface area contributed by atoms with Gasteiger partial charge >= 0.3 is 0 Å². The Hall–Kier alpha value is -2.48. The minimum atomic E-state index is 0.689. The molecular formula is C16H11NO. The molecule has 0 radical (unpaired) electrons. The number of benzene rings is 2. The Morgan fingerprint density at radius 3 is 2.67 bits per heavy atom. The Kier molecular flexibility index (Phi) is 2.61. The Labute approximate surface area is 105 Å². The zero-order chi connectivity index (χ0) is 12.4. The fourth-order valence-corrected chi connectivity index (χ4v) is 2.04. The van der Waals surface area contributed by atoms with Gasteiger partial charge in [0.05, 0.1) is 5.52 Å². The average molecular weight is 233 g/mol. The molecule has 2 nitrogen and oxygen atoms in total. The van der Waals surface area contributed by atoms with Gasteiger partial charge in [-0.25, -0.2) is 0 Å². The lowest BCUT2D eigenvalue weighted by atomic mass is 10.0. The quantitative estimate of drug-likeness (QED) is 0.631. The smallest absolute Gasteiger partial charge is 0.150 e. The molecule has 0 aliphatic rings. The Morgan fingerprint density at radius 2 is 1.78 bits per heavy atom. The third-order valence-corrected chi connectivity index (χ3v) is 2.96. The normalized spacial score (nSPS) is 10.4. The first kappa shape index (κ1) is 10.7. The summed E-state index contributed by atoms with van der Waals surface area (Å²) in [5.41, 5.74) is 3.76. The van der Waals surface area contributed by atoms with Crippen molar-refractivity contribution in [2.75, 3.05) is 0 Å². The molecule has 0 aliphatic heterocycles. The molecule has 0 saturated carbocycles. The first-order valence-corrected chi connectivity index (χ1v) is 5.77. The van der Waals surface area contributed by atoms with Gasteiger partial charge in [-0.2, -0.15) is 0 Å². The van der Waals surface area contributed by atoms with Crippen molar-refractivity contribution in [2.45, 2.75) is 0 Å². The maximum absolute atomic E-state index is 10.8. The van der Waals surface area contributed by atoms with E-state index in [4.69, 9.17) is 0 Å². The maximum atomic E-state index is 10.8. The molecule has 1 aromatic heterocycles. The molecule has 1 heterocycles. The van der Waals surface area contributed by atoms with E-state index in [-0.39, 0.29) is 0 Å². The SMILES string of the molecule is O=Cc1cccc(-c2ccc3cccnc3c2)c1. The number of hydrogen-bond acceptors (Lipinski definition) is 2. The van der Waals surface area contributed by atoms with Crippen molar-refractivity contribution in [3.05, 3.63) is 66.4 Å². The minimum Gasteiger partial charge on any atom is -0.298 e. The van der Waals surface area contributed by atoms with E-state index in [1.54, 1.807) is 12.3 Å². The van der Waals surface area contributed by atoms with E-state index in [2.05, 4.69) is 4.98 Å². The molecule has 0 unspecified atom stereocenters. The van der Waals surface area contributed by atoms with Gasteiger partial charge in [0, 0.05) is 17.1 Å². The molecule has 86 valence electrons. The summed E-state index contributed by atoms with van der Waals surface area (Å²) in [7, 11) is 0. The van der Waals surface area contributed by atoms with E-state index < -0.39 is 0 Å². The van der Waals surface area contributed by atoms with Gasteiger partial charge in [0.2, 0.25) is 0 Å². The van der Waals surface area contributed by atoms with Gasteiger partial charge < -0.3 is 0 Å². The molecule has 2 heteroatoms. The summed E-state index contributed by atoms with van der Waals surface area (Å²) < 4.78 is 0. The van der Waals surface area contributed by atoms with E-state index >= 15 is 0 Å². The van der Waals surface area contributed by atoms with Crippen LogP contribution in [0.4, 0.5) is 0 Å². The molecule has 0 N–H and O–H groups in total. The number of nitrogens with zero attached hydrogens (tertiary/aromatic N) is 1. The molecule has 0 spiro atoms. The highest BCUT2D eigenvalue weighted by molar-refractivity contribution is 5.85. The molecule has 3 aromatic rings. The van der Waals surface area contributed by atoms with Crippen molar-refractivity contribution in [3.63, 3.8) is 0 Å². The Balaban J connectivity index is 2.15. The zero-order valence-corrected chi connectivity index (χ0v) is 9.71. The van der Waals surface area contributed by atoms with Gasteiger partial charge in [-0.15, -0.1) is 0 Å². The molecular weight excluding hydrogens is 222 g/mol. The molecule has 0 amide bonds. The lowest BCUT2D eigenvalue weighted by Crippen LogP contribution is -1.84. The summed E-state index contributed by atoms with van der Waals surface area (Å²) >= 11 is 0. The molecule has 0 aliphatic carbocycles. The zero-order valence-electron chi connectivity index (χ0n) is 9.71. The Bertz CT molecular complexity index is 719. The first-order valence-electron chi connectivity index (χ1n) is 5.77. The van der Waals surface area contributed by atoms with Gasteiger partial charge in [-0.05, 0) is 29.3 Å². The van der Waals surface area contributed by atoms with Gasteiger partial charge in [-0.3, -0.25) is 9.78 Å². The van der Waals surface area contributed by atoms with E-state index in [1.165, 1.54) is 0 Å². The van der Waals surface area contributed by atoms with Crippen LogP contribution >= 0.6 is 0 Å². The lowest BCUT2D eigenvalue weighted by Gasteiger charge is -2.04. The van der Waals surface area contributed by atoms with Crippen molar-refractivity contribution in [3.8, 4) is 11.1 Å². The number of aromatic nitrogens is 1. The molecule has 0 atom stereocenters. The number of hydrogen-bond donors (Lipinski definition) is 0. The molecule has 18 heavy (non-hydrogen) atoms. The van der Waals surface area contributed by atoms with Crippen molar-refractivity contribution in [1.29, 1.82) is 0 Å². The van der Waals surface area contributed by atoms with Crippen molar-refractivity contribution < 1.29 is 4.79 Å². The summed E-state index contributed by atoms with van der Waals surface area (Å²) in [6.45, 7) is 0. The summed E-state index contributed by atoms with van der Waals surface area (Å²) in [4.78, 5) is 15.1. The number of carbonyl (C=O) groups excluding carboxylic acids is 1. The third kappa shape index (κ3) is 1.89. The van der Waals surface area contributed by atoms with Gasteiger partial charge in [0.1, 0.15) is 6.29 Å². The van der Waals surface area contributed by atoms with Crippen LogP contribution in [0.5, 0.6) is 0 Å². The monoisotopic (exact) mass is 233 g/mol. The van der Waals surface area contributed by atoms with Gasteiger partial charge in [0.25, 0.3) is 0 Å². The van der Waals surface area contributed by atoms with Crippen LogP contribution in [-0.4, -0.2) is 11.3 Å². The average Bonchev–Trinajstić information content (AvgIpc) is 2.47. The van der Waals surface area contributed by atoms with Gasteiger partial charge in [0.15, 0.2) is 0 Å². The second-order valence-corrected chi connectivity index (χ2v) is 4.15. The Morgan fingerprint density at radius 1 is 0.889 bits per heavy atom. The van der Waals surface area contributed by atoms with Crippen LogP contribution < -0.4 is 0 Å². The van der Waals surface area contributed by atoms with E-state index in [1.807, 2.05) is 48.5 Å². The van der Waals surface area contributed by atoms with Crippen LogP contribution in [0.2, 0.25) is 0 Å². The predicted octanol–water partition coefficient (Wildman–Crippen LogP) is 3.71. The van der Waals surface area contributed by atoms with Crippen LogP contribution in [0.15, 0.2) is 60.8 Å². The second-order valence-electron chi connectivity index (χ2n) is 4.15. The van der Waals surface area contributed by atoms with E-state index in [0.29, 0.717) is 5.56 Å². The highest BCUT2D eigenvalue weighted by Gasteiger charge is 2.01. The number of pyridine rings is 1. The topological polar surface area (TPSA) is 30.0 Å². The molecule has 3 rings (SSSR count). The van der Waals surface area contributed by atoms with E-state index in [9.17, 15) is 4.79 Å². The van der Waals surface area contributed by atoms with Crippen molar-refractivity contribution >= 4 is 17.2 Å². The number of aldehydes is 1. The third-order valence-electron chi connectivity index (χ3n) is 2.96. The van der Waals surface area contributed by atoms with Gasteiger partial charge in [-0.1, -0.05) is 36.4 Å². The van der Waals surface area contributed by atoms with Crippen molar-refractivity contribution in [1.82, 2.24) is 4.98 Å². The maximum Gasteiger partial charge on any atom is 0.150 e. The second kappa shape index (κ2) is 4.41. The minimum absolute atomic E-state index is 0.689. The summed E-state index contributed by atoms with van der Waals surface area (Å²) in [6.07, 6.45) is 2.65. The molecule has 2 aromatic carbocycles. The van der Waals surface area contributed by atoms with Crippen LogP contribution in [0.25, 0.3) is 22.0 Å². The highest BCUT2D eigenvalue weighted by Crippen LogP contribution is 2.23. The predicted molar refractivity (Wildman–Crippen MR) is 72.6 cm³/mol. The first-order chi connectivity index (χ1) is 8.86.